The van der Waals surface area contributed by atoms with Crippen LogP contribution in [0.5, 0.6) is 5.75 Å². The Hall–Kier alpha value is -2.57. The smallest absolute Gasteiger partial charge is 0.413 e. The second-order valence-corrected chi connectivity index (χ2v) is 5.26. The van der Waals surface area contributed by atoms with E-state index in [9.17, 15) is 14.4 Å². The first-order valence-electron chi connectivity index (χ1n) is 7.16. The summed E-state index contributed by atoms with van der Waals surface area (Å²) < 4.78 is 14.8. The Bertz CT molecular complexity index is 569. The molecule has 23 heavy (non-hydrogen) atoms. The molecule has 0 aliphatic carbocycles. The van der Waals surface area contributed by atoms with E-state index in [4.69, 9.17) is 9.47 Å². The molecule has 1 aromatic rings. The van der Waals surface area contributed by atoms with Crippen LogP contribution in [0.15, 0.2) is 24.3 Å². The summed E-state index contributed by atoms with van der Waals surface area (Å²) in [7, 11) is 1.13. The van der Waals surface area contributed by atoms with Crippen molar-refractivity contribution in [1.29, 1.82) is 0 Å². The second-order valence-electron chi connectivity index (χ2n) is 5.26. The molecule has 1 rings (SSSR count). The largest absolute Gasteiger partial charge is 0.493 e. The molecule has 0 radical (unpaired) electrons. The third-order valence-corrected chi connectivity index (χ3v) is 2.72. The van der Waals surface area contributed by atoms with Crippen molar-refractivity contribution in [2.24, 2.45) is 5.92 Å². The number of esters is 1. The third kappa shape index (κ3) is 6.37. The summed E-state index contributed by atoms with van der Waals surface area (Å²) in [6.07, 6.45) is -2.05. The summed E-state index contributed by atoms with van der Waals surface area (Å²) in [6.45, 7) is 5.91. The van der Waals surface area contributed by atoms with Gasteiger partial charge >= 0.3 is 12.1 Å². The fourth-order valence-corrected chi connectivity index (χ4v) is 1.51. The predicted octanol–water partition coefficient (Wildman–Crippen LogP) is 2.15. The van der Waals surface area contributed by atoms with Crippen LogP contribution in [-0.4, -0.2) is 37.8 Å². The fourth-order valence-electron chi connectivity index (χ4n) is 1.51. The number of amides is 2. The van der Waals surface area contributed by atoms with Crippen LogP contribution in [0, 0.1) is 5.92 Å². The molecule has 1 aromatic carbocycles. The highest BCUT2D eigenvalue weighted by atomic mass is 16.6. The van der Waals surface area contributed by atoms with Gasteiger partial charge in [-0.25, -0.2) is 9.59 Å². The molecule has 0 aromatic heterocycles. The zero-order valence-electron chi connectivity index (χ0n) is 13.6. The molecule has 0 saturated heterocycles. The van der Waals surface area contributed by atoms with E-state index in [-0.39, 0.29) is 5.56 Å². The monoisotopic (exact) mass is 323 g/mol. The number of hydrogen-bond donors (Lipinski definition) is 1. The molecular weight excluding hydrogens is 302 g/mol. The van der Waals surface area contributed by atoms with E-state index in [0.29, 0.717) is 18.3 Å². The van der Waals surface area contributed by atoms with Gasteiger partial charge in [0.2, 0.25) is 0 Å². The van der Waals surface area contributed by atoms with Crippen LogP contribution < -0.4 is 10.1 Å². The van der Waals surface area contributed by atoms with Crippen LogP contribution in [0.3, 0.4) is 0 Å². The average Bonchev–Trinajstić information content (AvgIpc) is 2.52. The van der Waals surface area contributed by atoms with Gasteiger partial charge in [0.1, 0.15) is 5.75 Å². The molecule has 0 fully saturated rings. The van der Waals surface area contributed by atoms with Crippen LogP contribution in [0.4, 0.5) is 4.79 Å². The Morgan fingerprint density at radius 1 is 1.17 bits per heavy atom. The molecule has 0 aliphatic heterocycles. The predicted molar refractivity (Wildman–Crippen MR) is 82.2 cm³/mol. The van der Waals surface area contributed by atoms with Gasteiger partial charge in [-0.3, -0.25) is 10.1 Å². The molecular formula is C16H21NO6. The van der Waals surface area contributed by atoms with Gasteiger partial charge < -0.3 is 14.2 Å². The van der Waals surface area contributed by atoms with Crippen molar-refractivity contribution in [2.75, 3.05) is 13.7 Å². The van der Waals surface area contributed by atoms with Crippen molar-refractivity contribution in [3.8, 4) is 5.75 Å². The van der Waals surface area contributed by atoms with Crippen LogP contribution in [0.25, 0.3) is 0 Å². The Labute approximate surface area is 134 Å². The first kappa shape index (κ1) is 18.5. The summed E-state index contributed by atoms with van der Waals surface area (Å²) in [6, 6.07) is 6.48. The minimum atomic E-state index is -1.14. The normalized spacial score (nSPS) is 11.5. The van der Waals surface area contributed by atoms with Gasteiger partial charge in [-0.15, -0.1) is 0 Å². The Morgan fingerprint density at radius 2 is 1.87 bits per heavy atom. The van der Waals surface area contributed by atoms with Crippen molar-refractivity contribution in [1.82, 2.24) is 5.32 Å². The maximum atomic E-state index is 12.0. The number of methoxy groups -OCH3 is 1. The van der Waals surface area contributed by atoms with Crippen molar-refractivity contribution in [2.45, 2.75) is 26.9 Å². The van der Waals surface area contributed by atoms with E-state index in [0.717, 1.165) is 7.11 Å². The second kappa shape index (κ2) is 8.77. The molecule has 0 bridgehead atoms. The lowest BCUT2D eigenvalue weighted by Crippen LogP contribution is -2.39. The minimum absolute atomic E-state index is 0.254. The van der Waals surface area contributed by atoms with Gasteiger partial charge in [-0.2, -0.15) is 0 Å². The van der Waals surface area contributed by atoms with Gasteiger partial charge in [0.15, 0.2) is 6.10 Å². The number of alkyl carbamates (subject to hydrolysis) is 1. The van der Waals surface area contributed by atoms with E-state index in [1.54, 1.807) is 18.2 Å². The Morgan fingerprint density at radius 3 is 2.48 bits per heavy atom. The zero-order chi connectivity index (χ0) is 17.4. The fraction of sp³-hybridized carbons (Fsp3) is 0.438. The highest BCUT2D eigenvalue weighted by Crippen LogP contribution is 2.15. The summed E-state index contributed by atoms with van der Waals surface area (Å²) >= 11 is 0. The topological polar surface area (TPSA) is 90.9 Å². The molecule has 0 aliphatic rings. The summed E-state index contributed by atoms with van der Waals surface area (Å²) in [4.78, 5) is 34.6. The summed E-state index contributed by atoms with van der Waals surface area (Å²) in [5, 5.41) is 1.93. The first-order valence-corrected chi connectivity index (χ1v) is 7.16. The minimum Gasteiger partial charge on any atom is -0.493 e. The molecule has 0 saturated carbocycles. The maximum Gasteiger partial charge on any atom is 0.413 e. The molecule has 0 spiro atoms. The molecule has 1 atom stereocenters. The van der Waals surface area contributed by atoms with Gasteiger partial charge in [-0.1, -0.05) is 19.9 Å². The zero-order valence-corrected chi connectivity index (χ0v) is 13.6. The number of ether oxygens (including phenoxy) is 3. The van der Waals surface area contributed by atoms with Crippen molar-refractivity contribution < 1.29 is 28.6 Å². The number of imide groups is 1. The van der Waals surface area contributed by atoms with Gasteiger partial charge in [-0.05, 0) is 31.0 Å². The Balaban J connectivity index is 2.65. The SMILES string of the molecule is COC(=O)NC(=O)[C@@H](C)OC(=O)c1cccc(OCC(C)C)c1. The van der Waals surface area contributed by atoms with Gasteiger partial charge in [0.05, 0.1) is 19.3 Å². The van der Waals surface area contributed by atoms with E-state index < -0.39 is 24.1 Å². The van der Waals surface area contributed by atoms with E-state index >= 15 is 0 Å². The van der Waals surface area contributed by atoms with Crippen molar-refractivity contribution in [3.05, 3.63) is 29.8 Å². The van der Waals surface area contributed by atoms with Crippen LogP contribution in [0.2, 0.25) is 0 Å². The number of rotatable bonds is 6. The number of nitrogens with one attached hydrogen (secondary N) is 1. The molecule has 0 heterocycles. The molecule has 0 unspecified atom stereocenters. The number of carbonyl (C=O) groups is 3. The number of benzene rings is 1. The van der Waals surface area contributed by atoms with Crippen LogP contribution >= 0.6 is 0 Å². The highest BCUT2D eigenvalue weighted by molar-refractivity contribution is 5.97. The molecule has 7 heteroatoms. The molecule has 2 amide bonds. The third-order valence-electron chi connectivity index (χ3n) is 2.72. The van der Waals surface area contributed by atoms with E-state index in [1.807, 2.05) is 19.2 Å². The Kier molecular flexibility index (Phi) is 7.05. The summed E-state index contributed by atoms with van der Waals surface area (Å²) in [5.74, 6) is -0.558. The lowest BCUT2D eigenvalue weighted by Gasteiger charge is -2.13. The van der Waals surface area contributed by atoms with E-state index in [2.05, 4.69) is 4.74 Å². The average molecular weight is 323 g/mol. The van der Waals surface area contributed by atoms with Crippen molar-refractivity contribution >= 4 is 18.0 Å². The lowest BCUT2D eigenvalue weighted by molar-refractivity contribution is -0.128. The van der Waals surface area contributed by atoms with E-state index in [1.165, 1.54) is 13.0 Å². The number of hydrogen-bond acceptors (Lipinski definition) is 6. The van der Waals surface area contributed by atoms with Crippen molar-refractivity contribution in [3.63, 3.8) is 0 Å². The molecule has 126 valence electrons. The molecule has 7 nitrogen and oxygen atoms in total. The first-order chi connectivity index (χ1) is 10.8. The molecule has 1 N–H and O–H groups in total. The number of carbonyl (C=O) groups excluding carboxylic acids is 3. The highest BCUT2D eigenvalue weighted by Gasteiger charge is 2.21. The van der Waals surface area contributed by atoms with Gasteiger partial charge in [0, 0.05) is 0 Å². The lowest BCUT2D eigenvalue weighted by atomic mass is 10.2. The van der Waals surface area contributed by atoms with Gasteiger partial charge in [0.25, 0.3) is 5.91 Å². The standard InChI is InChI=1S/C16H21NO6/c1-10(2)9-22-13-7-5-6-12(8-13)15(19)23-11(3)14(18)17-16(20)21-4/h5-8,10-11H,9H2,1-4H3,(H,17,18,20)/t11-/m1/s1. The van der Waals surface area contributed by atoms with Crippen LogP contribution in [-0.2, 0) is 14.3 Å². The quantitative estimate of drug-likeness (QED) is 0.807. The van der Waals surface area contributed by atoms with Crippen LogP contribution in [0.1, 0.15) is 31.1 Å². The maximum absolute atomic E-state index is 12.0. The summed E-state index contributed by atoms with van der Waals surface area (Å²) in [5.41, 5.74) is 0.254.